The Morgan fingerprint density at radius 2 is 1.88 bits per heavy atom. The monoisotopic (exact) mass is 275 g/mol. The van der Waals surface area contributed by atoms with E-state index in [4.69, 9.17) is 0 Å². The summed E-state index contributed by atoms with van der Waals surface area (Å²) < 4.78 is 3.31. The fourth-order valence-corrected chi connectivity index (χ4v) is 2.83. The summed E-state index contributed by atoms with van der Waals surface area (Å²) in [5.74, 6) is 0. The maximum absolute atomic E-state index is 3.54. The molecule has 0 spiro atoms. The van der Waals surface area contributed by atoms with E-state index in [1.165, 1.54) is 41.6 Å². The first-order valence-corrected chi connectivity index (χ1v) is 6.48. The van der Waals surface area contributed by atoms with E-state index in [0.717, 1.165) is 4.60 Å². The molecule has 3 rings (SSSR count). The number of hydrogen-bond acceptors (Lipinski definition) is 0. The molecule has 0 bridgehead atoms. The van der Waals surface area contributed by atoms with Crippen molar-refractivity contribution in [3.8, 4) is 11.3 Å². The van der Waals surface area contributed by atoms with Crippen LogP contribution in [0.3, 0.4) is 0 Å². The van der Waals surface area contributed by atoms with Crippen molar-refractivity contribution in [2.45, 2.75) is 19.3 Å². The zero-order valence-corrected chi connectivity index (χ0v) is 10.9. The van der Waals surface area contributed by atoms with E-state index in [9.17, 15) is 0 Å². The highest BCUT2D eigenvalue weighted by molar-refractivity contribution is 9.10. The predicted octanol–water partition coefficient (Wildman–Crippen LogP) is 3.94. The summed E-state index contributed by atoms with van der Waals surface area (Å²) in [6.07, 6.45) is 3.82. The van der Waals surface area contributed by atoms with Gasteiger partial charge in [0.2, 0.25) is 0 Å². The Kier molecular flexibility index (Phi) is 2.40. The zero-order valence-electron chi connectivity index (χ0n) is 9.33. The summed E-state index contributed by atoms with van der Waals surface area (Å²) in [4.78, 5) is 0. The van der Waals surface area contributed by atoms with Gasteiger partial charge in [-0.25, -0.2) is 0 Å². The number of aromatic nitrogens is 1. The molecule has 2 aromatic rings. The molecule has 1 aliphatic rings. The van der Waals surface area contributed by atoms with E-state index in [-0.39, 0.29) is 0 Å². The van der Waals surface area contributed by atoms with Crippen LogP contribution < -0.4 is 0 Å². The van der Waals surface area contributed by atoms with E-state index >= 15 is 0 Å². The number of benzene rings is 1. The van der Waals surface area contributed by atoms with Crippen molar-refractivity contribution in [1.29, 1.82) is 0 Å². The Morgan fingerprint density at radius 1 is 1.06 bits per heavy atom. The molecular formula is C14H14BrN. The van der Waals surface area contributed by atoms with Crippen molar-refractivity contribution < 1.29 is 0 Å². The Morgan fingerprint density at radius 3 is 2.62 bits per heavy atom. The molecule has 0 N–H and O–H groups in total. The lowest BCUT2D eigenvalue weighted by Crippen LogP contribution is -1.92. The number of rotatable bonds is 1. The largest absolute Gasteiger partial charge is 0.338 e. The van der Waals surface area contributed by atoms with Crippen molar-refractivity contribution in [3.63, 3.8) is 0 Å². The van der Waals surface area contributed by atoms with Gasteiger partial charge in [-0.3, -0.25) is 0 Å². The van der Waals surface area contributed by atoms with E-state index in [0.29, 0.717) is 0 Å². The van der Waals surface area contributed by atoms with Crippen LogP contribution >= 0.6 is 15.9 Å². The van der Waals surface area contributed by atoms with E-state index < -0.39 is 0 Å². The summed E-state index contributed by atoms with van der Waals surface area (Å²) in [6, 6.07) is 11.2. The Bertz CT molecular complexity index is 540. The predicted molar refractivity (Wildman–Crippen MR) is 70.6 cm³/mol. The SMILES string of the molecule is Cn1c(Br)ccc1-c1ccc2c(c1)CCC2. The number of fused-ring (bicyclic) bond motifs is 1. The highest BCUT2D eigenvalue weighted by Crippen LogP contribution is 2.29. The summed E-state index contributed by atoms with van der Waals surface area (Å²) in [5.41, 5.74) is 5.68. The van der Waals surface area contributed by atoms with Gasteiger partial charge in [-0.1, -0.05) is 12.1 Å². The van der Waals surface area contributed by atoms with Crippen LogP contribution in [0.5, 0.6) is 0 Å². The Hall–Kier alpha value is -1.02. The van der Waals surface area contributed by atoms with Gasteiger partial charge >= 0.3 is 0 Å². The van der Waals surface area contributed by atoms with Gasteiger partial charge in [-0.15, -0.1) is 0 Å². The van der Waals surface area contributed by atoms with Gasteiger partial charge in [0.25, 0.3) is 0 Å². The van der Waals surface area contributed by atoms with Crippen LogP contribution in [0.2, 0.25) is 0 Å². The van der Waals surface area contributed by atoms with Crippen LogP contribution in [0.4, 0.5) is 0 Å². The van der Waals surface area contributed by atoms with Crippen LogP contribution in [0.1, 0.15) is 17.5 Å². The molecule has 0 atom stereocenters. The van der Waals surface area contributed by atoms with Crippen molar-refractivity contribution in [2.75, 3.05) is 0 Å². The minimum Gasteiger partial charge on any atom is -0.338 e. The quantitative estimate of drug-likeness (QED) is 0.743. The van der Waals surface area contributed by atoms with E-state index in [1.54, 1.807) is 0 Å². The van der Waals surface area contributed by atoms with Crippen LogP contribution in [-0.2, 0) is 19.9 Å². The first kappa shape index (κ1) is 10.2. The molecule has 0 saturated heterocycles. The topological polar surface area (TPSA) is 4.93 Å². The lowest BCUT2D eigenvalue weighted by Gasteiger charge is -2.07. The molecule has 0 fully saturated rings. The van der Waals surface area contributed by atoms with Crippen molar-refractivity contribution in [1.82, 2.24) is 4.57 Å². The highest BCUT2D eigenvalue weighted by Gasteiger charge is 2.12. The molecular weight excluding hydrogens is 262 g/mol. The fraction of sp³-hybridized carbons (Fsp3) is 0.286. The van der Waals surface area contributed by atoms with Gasteiger partial charge in [0.1, 0.15) is 0 Å². The lowest BCUT2D eigenvalue weighted by atomic mass is 10.0. The third-order valence-electron chi connectivity index (χ3n) is 3.45. The molecule has 2 heteroatoms. The number of halogens is 1. The summed E-state index contributed by atoms with van der Waals surface area (Å²) in [7, 11) is 2.09. The Balaban J connectivity index is 2.10. The average Bonchev–Trinajstić information content (AvgIpc) is 2.86. The minimum absolute atomic E-state index is 1.13. The molecule has 0 saturated carbocycles. The standard InChI is InChI=1S/C14H14BrN/c1-16-13(7-8-14(16)15)12-6-5-10-3-2-4-11(10)9-12/h5-9H,2-4H2,1H3. The van der Waals surface area contributed by atoms with Gasteiger partial charge in [-0.2, -0.15) is 0 Å². The lowest BCUT2D eigenvalue weighted by molar-refractivity contribution is 0.908. The van der Waals surface area contributed by atoms with Gasteiger partial charge in [0.15, 0.2) is 0 Å². The van der Waals surface area contributed by atoms with Crippen molar-refractivity contribution >= 4 is 15.9 Å². The Labute approximate surface area is 104 Å². The number of aryl methyl sites for hydroxylation is 2. The molecule has 1 heterocycles. The molecule has 1 aromatic carbocycles. The number of nitrogens with zero attached hydrogens (tertiary/aromatic N) is 1. The second kappa shape index (κ2) is 3.77. The van der Waals surface area contributed by atoms with E-state index in [1.807, 2.05) is 0 Å². The van der Waals surface area contributed by atoms with Crippen molar-refractivity contribution in [3.05, 3.63) is 46.1 Å². The molecule has 16 heavy (non-hydrogen) atoms. The molecule has 1 aliphatic carbocycles. The highest BCUT2D eigenvalue weighted by atomic mass is 79.9. The molecule has 1 nitrogen and oxygen atoms in total. The molecule has 0 amide bonds. The first-order chi connectivity index (χ1) is 7.75. The second-order valence-electron chi connectivity index (χ2n) is 4.44. The molecule has 1 aromatic heterocycles. The van der Waals surface area contributed by atoms with Crippen molar-refractivity contribution in [2.24, 2.45) is 7.05 Å². The third-order valence-corrected chi connectivity index (χ3v) is 4.25. The minimum atomic E-state index is 1.13. The van der Waals surface area contributed by atoms with Crippen LogP contribution in [-0.4, -0.2) is 4.57 Å². The van der Waals surface area contributed by atoms with Gasteiger partial charge in [0, 0.05) is 12.7 Å². The molecule has 0 aliphatic heterocycles. The molecule has 82 valence electrons. The van der Waals surface area contributed by atoms with Gasteiger partial charge in [0.05, 0.1) is 4.60 Å². The first-order valence-electron chi connectivity index (χ1n) is 5.69. The fourth-order valence-electron chi connectivity index (χ4n) is 2.51. The maximum atomic E-state index is 3.54. The molecule has 0 radical (unpaired) electrons. The summed E-state index contributed by atoms with van der Waals surface area (Å²) >= 11 is 3.54. The summed E-state index contributed by atoms with van der Waals surface area (Å²) in [6.45, 7) is 0. The van der Waals surface area contributed by atoms with E-state index in [2.05, 4.69) is 57.9 Å². The van der Waals surface area contributed by atoms with Gasteiger partial charge in [-0.05, 0) is 70.1 Å². The second-order valence-corrected chi connectivity index (χ2v) is 5.25. The van der Waals surface area contributed by atoms with Gasteiger partial charge < -0.3 is 4.57 Å². The molecule has 0 unspecified atom stereocenters. The smallest absolute Gasteiger partial charge is 0.0848 e. The average molecular weight is 276 g/mol. The summed E-state index contributed by atoms with van der Waals surface area (Å²) in [5, 5.41) is 0. The maximum Gasteiger partial charge on any atom is 0.0848 e. The van der Waals surface area contributed by atoms with Crippen LogP contribution in [0, 0.1) is 0 Å². The third kappa shape index (κ3) is 1.52. The van der Waals surface area contributed by atoms with Crippen LogP contribution in [0.15, 0.2) is 34.9 Å². The normalized spacial score (nSPS) is 14.1. The zero-order chi connectivity index (χ0) is 11.1. The number of hydrogen-bond donors (Lipinski definition) is 0. The van der Waals surface area contributed by atoms with Crippen LogP contribution in [0.25, 0.3) is 11.3 Å².